The van der Waals surface area contributed by atoms with Gasteiger partial charge in [-0.15, -0.1) is 0 Å². The fraction of sp³-hybridized carbons (Fsp3) is 0.235. The van der Waals surface area contributed by atoms with Gasteiger partial charge >= 0.3 is 0 Å². The van der Waals surface area contributed by atoms with Crippen molar-refractivity contribution in [3.8, 4) is 0 Å². The summed E-state index contributed by atoms with van der Waals surface area (Å²) in [5.41, 5.74) is 4.20. The summed E-state index contributed by atoms with van der Waals surface area (Å²) in [6, 6.07) is 12.0. The Labute approximate surface area is 123 Å². The van der Waals surface area contributed by atoms with Gasteiger partial charge in [-0.1, -0.05) is 18.2 Å². The number of fused-ring (bicyclic) bond motifs is 1. The summed E-state index contributed by atoms with van der Waals surface area (Å²) < 4.78 is 12.8. The largest absolute Gasteiger partial charge is 0.326 e. The molecule has 1 heterocycles. The molecule has 4 heteroatoms. The third-order valence-corrected chi connectivity index (χ3v) is 3.65. The molecule has 0 spiro atoms. The Balaban J connectivity index is 1.65. The second-order valence-electron chi connectivity index (χ2n) is 5.26. The van der Waals surface area contributed by atoms with E-state index in [2.05, 4.69) is 16.7 Å². The molecule has 0 atom stereocenters. The van der Waals surface area contributed by atoms with E-state index >= 15 is 0 Å². The lowest BCUT2D eigenvalue weighted by molar-refractivity contribution is -0.115. The van der Waals surface area contributed by atoms with Gasteiger partial charge in [0, 0.05) is 12.2 Å². The lowest BCUT2D eigenvalue weighted by Crippen LogP contribution is -2.23. The molecule has 2 aromatic rings. The van der Waals surface area contributed by atoms with Crippen LogP contribution in [0.2, 0.25) is 0 Å². The zero-order chi connectivity index (χ0) is 14.7. The molecule has 0 aromatic heterocycles. The Morgan fingerprint density at radius 1 is 1.14 bits per heavy atom. The summed E-state index contributed by atoms with van der Waals surface area (Å²) >= 11 is 0. The number of carbonyl (C=O) groups is 1. The molecule has 0 saturated heterocycles. The summed E-state index contributed by atoms with van der Waals surface area (Å²) in [6.07, 6.45) is 1.23. The zero-order valence-electron chi connectivity index (χ0n) is 11.7. The number of carbonyl (C=O) groups excluding carboxylic acids is 1. The molecule has 2 aromatic carbocycles. The third kappa shape index (κ3) is 3.47. The molecule has 2 N–H and O–H groups in total. The van der Waals surface area contributed by atoms with Crippen molar-refractivity contribution >= 4 is 11.6 Å². The zero-order valence-corrected chi connectivity index (χ0v) is 11.7. The number of nitrogens with one attached hydrogen (secondary N) is 2. The van der Waals surface area contributed by atoms with Gasteiger partial charge < -0.3 is 10.6 Å². The highest BCUT2D eigenvalue weighted by Crippen LogP contribution is 2.19. The Kier molecular flexibility index (Phi) is 3.97. The van der Waals surface area contributed by atoms with Gasteiger partial charge in [0.25, 0.3) is 0 Å². The average Bonchev–Trinajstić information content (AvgIpc) is 2.49. The number of anilines is 1. The summed E-state index contributed by atoms with van der Waals surface area (Å²) in [5, 5.41) is 6.22. The number of hydrogen-bond donors (Lipinski definition) is 2. The Bertz CT molecular complexity index is 652. The van der Waals surface area contributed by atoms with Crippen molar-refractivity contribution in [2.24, 2.45) is 0 Å². The highest BCUT2D eigenvalue weighted by Gasteiger charge is 2.10. The standard InChI is InChI=1S/C17H17FN2O/c18-15-4-1-12(2-5-15)9-17(21)20-16-6-3-14-11-19-8-7-13(14)10-16/h1-6,10,19H,7-9,11H2,(H,20,21). The smallest absolute Gasteiger partial charge is 0.228 e. The van der Waals surface area contributed by atoms with E-state index in [0.717, 1.165) is 30.8 Å². The Morgan fingerprint density at radius 3 is 2.76 bits per heavy atom. The maximum atomic E-state index is 12.8. The average molecular weight is 284 g/mol. The fourth-order valence-corrected chi connectivity index (χ4v) is 2.55. The molecule has 0 unspecified atom stereocenters. The maximum Gasteiger partial charge on any atom is 0.228 e. The van der Waals surface area contributed by atoms with Gasteiger partial charge in [-0.3, -0.25) is 4.79 Å². The van der Waals surface area contributed by atoms with Crippen LogP contribution in [0, 0.1) is 5.82 Å². The van der Waals surface area contributed by atoms with Gasteiger partial charge in [-0.2, -0.15) is 0 Å². The van der Waals surface area contributed by atoms with Crippen molar-refractivity contribution < 1.29 is 9.18 Å². The summed E-state index contributed by atoms with van der Waals surface area (Å²) in [4.78, 5) is 12.0. The number of hydrogen-bond acceptors (Lipinski definition) is 2. The molecular formula is C17H17FN2O. The van der Waals surface area contributed by atoms with Crippen LogP contribution in [0.1, 0.15) is 16.7 Å². The van der Waals surface area contributed by atoms with Crippen molar-refractivity contribution in [2.75, 3.05) is 11.9 Å². The quantitative estimate of drug-likeness (QED) is 0.910. The summed E-state index contributed by atoms with van der Waals surface area (Å²) in [5.74, 6) is -0.377. The van der Waals surface area contributed by atoms with Crippen LogP contribution in [0.4, 0.5) is 10.1 Å². The number of amides is 1. The first-order valence-corrected chi connectivity index (χ1v) is 7.07. The van der Waals surface area contributed by atoms with Gasteiger partial charge in [0.15, 0.2) is 0 Å². The molecule has 0 bridgehead atoms. The lowest BCUT2D eigenvalue weighted by Gasteiger charge is -2.18. The Hall–Kier alpha value is -2.20. The van der Waals surface area contributed by atoms with Crippen molar-refractivity contribution in [3.05, 3.63) is 65.0 Å². The number of benzene rings is 2. The van der Waals surface area contributed by atoms with Crippen LogP contribution >= 0.6 is 0 Å². The molecule has 108 valence electrons. The van der Waals surface area contributed by atoms with Crippen LogP contribution in [0.5, 0.6) is 0 Å². The van der Waals surface area contributed by atoms with E-state index in [4.69, 9.17) is 0 Å². The van der Waals surface area contributed by atoms with Crippen molar-refractivity contribution in [3.63, 3.8) is 0 Å². The van der Waals surface area contributed by atoms with E-state index in [9.17, 15) is 9.18 Å². The van der Waals surface area contributed by atoms with Crippen molar-refractivity contribution in [1.29, 1.82) is 0 Å². The molecule has 0 saturated carbocycles. The molecule has 1 amide bonds. The van der Waals surface area contributed by atoms with Gasteiger partial charge in [-0.25, -0.2) is 4.39 Å². The van der Waals surface area contributed by atoms with Crippen LogP contribution in [0.15, 0.2) is 42.5 Å². The topological polar surface area (TPSA) is 41.1 Å². The van der Waals surface area contributed by atoms with Crippen LogP contribution < -0.4 is 10.6 Å². The van der Waals surface area contributed by atoms with Crippen LogP contribution in [-0.4, -0.2) is 12.5 Å². The highest BCUT2D eigenvalue weighted by atomic mass is 19.1. The molecule has 3 nitrogen and oxygen atoms in total. The molecule has 0 radical (unpaired) electrons. The summed E-state index contributed by atoms with van der Waals surface area (Å²) in [7, 11) is 0. The molecule has 1 aliphatic rings. The first-order valence-electron chi connectivity index (χ1n) is 7.07. The lowest BCUT2D eigenvalue weighted by atomic mass is 10.0. The first-order chi connectivity index (χ1) is 10.2. The molecule has 0 fully saturated rings. The van der Waals surface area contributed by atoms with E-state index in [1.165, 1.54) is 23.3 Å². The van der Waals surface area contributed by atoms with Crippen LogP contribution in [0.3, 0.4) is 0 Å². The van der Waals surface area contributed by atoms with Crippen LogP contribution in [-0.2, 0) is 24.2 Å². The highest BCUT2D eigenvalue weighted by molar-refractivity contribution is 5.92. The predicted octanol–water partition coefficient (Wildman–Crippen LogP) is 2.65. The van der Waals surface area contributed by atoms with E-state index in [1.54, 1.807) is 12.1 Å². The van der Waals surface area contributed by atoms with Crippen LogP contribution in [0.25, 0.3) is 0 Å². The molecule has 21 heavy (non-hydrogen) atoms. The SMILES string of the molecule is O=C(Cc1ccc(F)cc1)Nc1ccc2c(c1)CCNC2. The van der Waals surface area contributed by atoms with E-state index in [-0.39, 0.29) is 18.1 Å². The molecule has 1 aliphatic heterocycles. The van der Waals surface area contributed by atoms with E-state index in [1.807, 2.05) is 12.1 Å². The maximum absolute atomic E-state index is 12.8. The minimum absolute atomic E-state index is 0.0875. The van der Waals surface area contributed by atoms with Gasteiger partial charge in [0.05, 0.1) is 6.42 Å². The molecule has 0 aliphatic carbocycles. The summed E-state index contributed by atoms with van der Waals surface area (Å²) in [6.45, 7) is 1.86. The monoisotopic (exact) mass is 284 g/mol. The minimum atomic E-state index is -0.289. The van der Waals surface area contributed by atoms with Crippen molar-refractivity contribution in [2.45, 2.75) is 19.4 Å². The number of rotatable bonds is 3. The molecular weight excluding hydrogens is 267 g/mol. The van der Waals surface area contributed by atoms with E-state index in [0.29, 0.717) is 0 Å². The first kappa shape index (κ1) is 13.8. The fourth-order valence-electron chi connectivity index (χ4n) is 2.55. The van der Waals surface area contributed by atoms with E-state index < -0.39 is 0 Å². The minimum Gasteiger partial charge on any atom is -0.326 e. The van der Waals surface area contributed by atoms with Crippen molar-refractivity contribution in [1.82, 2.24) is 5.32 Å². The third-order valence-electron chi connectivity index (χ3n) is 3.65. The van der Waals surface area contributed by atoms with Gasteiger partial charge in [0.1, 0.15) is 5.82 Å². The second kappa shape index (κ2) is 6.06. The van der Waals surface area contributed by atoms with Gasteiger partial charge in [-0.05, 0) is 53.9 Å². The normalized spacial score (nSPS) is 13.6. The Morgan fingerprint density at radius 2 is 1.95 bits per heavy atom. The molecule has 3 rings (SSSR count). The number of halogens is 1. The second-order valence-corrected chi connectivity index (χ2v) is 5.26. The predicted molar refractivity (Wildman–Crippen MR) is 80.6 cm³/mol. The van der Waals surface area contributed by atoms with Gasteiger partial charge in [0.2, 0.25) is 5.91 Å².